The van der Waals surface area contributed by atoms with Crippen LogP contribution in [-0.2, 0) is 4.74 Å². The monoisotopic (exact) mass is 501 g/mol. The van der Waals surface area contributed by atoms with E-state index in [1.54, 1.807) is 12.3 Å². The molecule has 5 rings (SSSR count). The molecule has 3 aromatic rings. The summed E-state index contributed by atoms with van der Waals surface area (Å²) in [4.78, 5) is 6.70. The van der Waals surface area contributed by atoms with E-state index in [4.69, 9.17) is 21.4 Å². The fourth-order valence-corrected chi connectivity index (χ4v) is 5.13. The van der Waals surface area contributed by atoms with Crippen LogP contribution in [0.2, 0.25) is 0 Å². The van der Waals surface area contributed by atoms with Gasteiger partial charge in [-0.15, -0.1) is 0 Å². The number of nitrogens with zero attached hydrogens (tertiary/aromatic N) is 2. The molecule has 2 fully saturated rings. The Balaban J connectivity index is 1.51. The Morgan fingerprint density at radius 3 is 2.87 bits per heavy atom. The molecular formula is C23H21BrFN3O2S. The lowest BCUT2D eigenvalue weighted by atomic mass is 10.0. The number of nitrogens with one attached hydrogen (secondary N) is 1. The van der Waals surface area contributed by atoms with Gasteiger partial charge in [0.1, 0.15) is 23.4 Å². The van der Waals surface area contributed by atoms with Gasteiger partial charge in [0.05, 0.1) is 17.8 Å². The van der Waals surface area contributed by atoms with Crippen LogP contribution in [-0.4, -0.2) is 34.3 Å². The van der Waals surface area contributed by atoms with Crippen LogP contribution in [0.5, 0.6) is 0 Å². The molecule has 0 spiro atoms. The van der Waals surface area contributed by atoms with Gasteiger partial charge >= 0.3 is 0 Å². The minimum Gasteiger partial charge on any atom is -0.459 e. The van der Waals surface area contributed by atoms with E-state index in [2.05, 4.69) is 31.1 Å². The van der Waals surface area contributed by atoms with Gasteiger partial charge in [-0.25, -0.2) is 4.39 Å². The molecule has 1 aromatic carbocycles. The quantitative estimate of drug-likeness (QED) is 0.472. The van der Waals surface area contributed by atoms with Crippen molar-refractivity contribution in [1.82, 2.24) is 15.2 Å². The molecule has 2 saturated heterocycles. The average Bonchev–Trinajstić information content (AvgIpc) is 3.51. The van der Waals surface area contributed by atoms with Crippen LogP contribution in [0.3, 0.4) is 0 Å². The molecule has 2 aromatic heterocycles. The molecule has 4 heterocycles. The zero-order chi connectivity index (χ0) is 21.4. The van der Waals surface area contributed by atoms with E-state index in [9.17, 15) is 4.39 Å². The second-order valence-corrected chi connectivity index (χ2v) is 8.98. The van der Waals surface area contributed by atoms with Crippen molar-refractivity contribution < 1.29 is 13.5 Å². The second-order valence-electron chi connectivity index (χ2n) is 7.74. The highest BCUT2D eigenvalue weighted by molar-refractivity contribution is 9.10. The van der Waals surface area contributed by atoms with Crippen LogP contribution in [0.15, 0.2) is 63.6 Å². The number of rotatable bonds is 5. The van der Waals surface area contributed by atoms with Crippen LogP contribution in [0.25, 0.3) is 11.3 Å². The van der Waals surface area contributed by atoms with Crippen molar-refractivity contribution in [3.05, 3.63) is 76.5 Å². The van der Waals surface area contributed by atoms with Crippen molar-refractivity contribution >= 4 is 33.3 Å². The largest absolute Gasteiger partial charge is 0.459 e. The number of thiocarbonyl (C=S) groups is 1. The van der Waals surface area contributed by atoms with Gasteiger partial charge in [-0.05, 0) is 83.5 Å². The van der Waals surface area contributed by atoms with Crippen molar-refractivity contribution in [1.29, 1.82) is 0 Å². The zero-order valence-electron chi connectivity index (χ0n) is 16.6. The predicted octanol–water partition coefficient (Wildman–Crippen LogP) is 5.39. The summed E-state index contributed by atoms with van der Waals surface area (Å²) in [6.07, 6.45) is 4.01. The number of halogens is 2. The Bertz CT molecular complexity index is 1090. The first kappa shape index (κ1) is 20.6. The summed E-state index contributed by atoms with van der Waals surface area (Å²) >= 11 is 9.14. The maximum Gasteiger partial charge on any atom is 0.170 e. The Labute approximate surface area is 193 Å². The molecule has 5 nitrogen and oxygen atoms in total. The normalized spacial score (nSPS) is 23.4. The fraction of sp³-hybridized carbons (Fsp3) is 0.304. The average molecular weight is 502 g/mol. The summed E-state index contributed by atoms with van der Waals surface area (Å²) in [5.41, 5.74) is 1.69. The number of hydrogen-bond donors (Lipinski definition) is 1. The molecule has 0 bridgehead atoms. The Kier molecular flexibility index (Phi) is 5.77. The highest BCUT2D eigenvalue weighted by atomic mass is 79.9. The highest BCUT2D eigenvalue weighted by Crippen LogP contribution is 2.41. The maximum atomic E-state index is 13.5. The summed E-state index contributed by atoms with van der Waals surface area (Å²) in [5.74, 6) is 1.13. The standard InChI is InChI=1S/C23H21BrFN3O2S/c24-17-12-14(25)6-7-16(17)19-8-9-20(30-19)22-21(18-5-1-2-10-26-18)27-23(31)28(22)13-15-4-3-11-29-15/h1-2,5-10,12,15,21-22H,3-4,11,13H2,(H,27,31)/t15-,21-,22-/m0/s1. The smallest absolute Gasteiger partial charge is 0.170 e. The lowest BCUT2D eigenvalue weighted by molar-refractivity contribution is 0.0818. The minimum atomic E-state index is -0.300. The molecule has 31 heavy (non-hydrogen) atoms. The van der Waals surface area contributed by atoms with E-state index < -0.39 is 0 Å². The lowest BCUT2D eigenvalue weighted by Gasteiger charge is -2.28. The lowest BCUT2D eigenvalue weighted by Crippen LogP contribution is -2.36. The van der Waals surface area contributed by atoms with E-state index in [1.807, 2.05) is 30.3 Å². The van der Waals surface area contributed by atoms with Crippen LogP contribution in [0, 0.1) is 5.82 Å². The zero-order valence-corrected chi connectivity index (χ0v) is 19.0. The topological polar surface area (TPSA) is 50.5 Å². The van der Waals surface area contributed by atoms with Crippen molar-refractivity contribution in [2.75, 3.05) is 13.2 Å². The number of furan rings is 1. The van der Waals surface area contributed by atoms with E-state index in [-0.39, 0.29) is 24.0 Å². The Morgan fingerprint density at radius 2 is 2.13 bits per heavy atom. The molecule has 0 aliphatic carbocycles. The summed E-state index contributed by atoms with van der Waals surface area (Å²) in [6.45, 7) is 1.48. The van der Waals surface area contributed by atoms with E-state index in [0.29, 0.717) is 21.9 Å². The van der Waals surface area contributed by atoms with Crippen molar-refractivity contribution in [3.8, 4) is 11.3 Å². The molecule has 1 N–H and O–H groups in total. The molecule has 0 amide bonds. The molecule has 0 unspecified atom stereocenters. The van der Waals surface area contributed by atoms with Gasteiger partial charge in [-0.3, -0.25) is 4.98 Å². The molecule has 8 heteroatoms. The van der Waals surface area contributed by atoms with Crippen LogP contribution >= 0.6 is 28.1 Å². The first-order chi connectivity index (χ1) is 15.1. The predicted molar refractivity (Wildman–Crippen MR) is 123 cm³/mol. The van der Waals surface area contributed by atoms with Crippen LogP contribution in [0.4, 0.5) is 4.39 Å². The van der Waals surface area contributed by atoms with Gasteiger partial charge in [0.25, 0.3) is 0 Å². The van der Waals surface area contributed by atoms with Gasteiger partial charge in [-0.1, -0.05) is 6.07 Å². The summed E-state index contributed by atoms with van der Waals surface area (Å²) in [5, 5.41) is 4.10. The number of benzene rings is 1. The Morgan fingerprint density at radius 1 is 1.23 bits per heavy atom. The van der Waals surface area contributed by atoms with Crippen molar-refractivity contribution in [2.24, 2.45) is 0 Å². The summed E-state index contributed by atoms with van der Waals surface area (Å²) in [7, 11) is 0. The number of pyridine rings is 1. The van der Waals surface area contributed by atoms with Gasteiger partial charge < -0.3 is 19.4 Å². The van der Waals surface area contributed by atoms with E-state index in [0.717, 1.165) is 36.5 Å². The fourth-order valence-electron chi connectivity index (χ4n) is 4.26. The first-order valence-electron chi connectivity index (χ1n) is 10.2. The van der Waals surface area contributed by atoms with Gasteiger partial charge in [-0.2, -0.15) is 0 Å². The second kappa shape index (κ2) is 8.68. The molecule has 2 aliphatic rings. The molecule has 0 radical (unpaired) electrons. The first-order valence-corrected chi connectivity index (χ1v) is 11.4. The highest BCUT2D eigenvalue weighted by Gasteiger charge is 2.42. The van der Waals surface area contributed by atoms with Gasteiger partial charge in [0.15, 0.2) is 5.11 Å². The SMILES string of the molecule is Fc1ccc(-c2ccc([C@H]3[C@H](c4ccccn4)NC(=S)N3C[C@@H]3CCCO3)o2)c(Br)c1. The molecule has 160 valence electrons. The molecular weight excluding hydrogens is 481 g/mol. The van der Waals surface area contributed by atoms with E-state index in [1.165, 1.54) is 12.1 Å². The minimum absolute atomic E-state index is 0.144. The molecule has 2 aliphatic heterocycles. The third-order valence-electron chi connectivity index (χ3n) is 5.74. The number of aromatic nitrogens is 1. The number of hydrogen-bond acceptors (Lipinski definition) is 4. The Hall–Kier alpha value is -2.29. The summed E-state index contributed by atoms with van der Waals surface area (Å²) in [6, 6.07) is 14.0. The maximum absolute atomic E-state index is 13.5. The van der Waals surface area contributed by atoms with Gasteiger partial charge in [0, 0.05) is 29.4 Å². The third-order valence-corrected chi connectivity index (χ3v) is 6.75. The van der Waals surface area contributed by atoms with Crippen LogP contribution in [0.1, 0.15) is 36.4 Å². The number of ether oxygens (including phenoxy) is 1. The summed E-state index contributed by atoms with van der Waals surface area (Å²) < 4.78 is 26.4. The molecule has 0 saturated carbocycles. The van der Waals surface area contributed by atoms with Crippen molar-refractivity contribution in [2.45, 2.75) is 31.0 Å². The van der Waals surface area contributed by atoms with E-state index >= 15 is 0 Å². The van der Waals surface area contributed by atoms with Crippen LogP contribution < -0.4 is 5.32 Å². The van der Waals surface area contributed by atoms with Crippen molar-refractivity contribution in [3.63, 3.8) is 0 Å². The van der Waals surface area contributed by atoms with Gasteiger partial charge in [0.2, 0.25) is 0 Å². The molecule has 3 atom stereocenters. The third kappa shape index (κ3) is 4.12.